The third-order valence-electron chi connectivity index (χ3n) is 2.26. The van der Waals surface area contributed by atoms with Crippen LogP contribution in [0.1, 0.15) is 5.56 Å². The van der Waals surface area contributed by atoms with Crippen molar-refractivity contribution in [2.24, 2.45) is 11.5 Å². The number of hydrogen-bond donors (Lipinski definition) is 2. The molecule has 18 heavy (non-hydrogen) atoms. The van der Waals surface area contributed by atoms with Crippen LogP contribution in [0.15, 0.2) is 24.3 Å². The van der Waals surface area contributed by atoms with Gasteiger partial charge in [-0.15, -0.1) is 0 Å². The molecule has 0 aliphatic heterocycles. The van der Waals surface area contributed by atoms with E-state index in [0.717, 1.165) is 5.56 Å². The molecule has 0 heterocycles. The quantitative estimate of drug-likeness (QED) is 0.670. The number of carbonyl (C=O) groups excluding carboxylic acids is 2. The molecule has 0 radical (unpaired) electrons. The van der Waals surface area contributed by atoms with Crippen LogP contribution in [0.2, 0.25) is 0 Å². The molecular formula is C12H16N2O4. The maximum Gasteiger partial charge on any atom is 0.322 e. The van der Waals surface area contributed by atoms with Crippen molar-refractivity contribution in [1.29, 1.82) is 0 Å². The number of nitrogens with two attached hydrogens (primary N) is 2. The third kappa shape index (κ3) is 4.42. The van der Waals surface area contributed by atoms with Crippen molar-refractivity contribution in [3.8, 4) is 5.75 Å². The van der Waals surface area contributed by atoms with Gasteiger partial charge in [-0.2, -0.15) is 0 Å². The van der Waals surface area contributed by atoms with Crippen molar-refractivity contribution >= 4 is 11.9 Å². The lowest BCUT2D eigenvalue weighted by molar-refractivity contribution is -0.142. The molecule has 0 saturated heterocycles. The van der Waals surface area contributed by atoms with Crippen LogP contribution in [-0.2, 0) is 20.7 Å². The van der Waals surface area contributed by atoms with Crippen LogP contribution in [0.3, 0.4) is 0 Å². The first-order valence-electron chi connectivity index (χ1n) is 5.36. The standard InChI is InChI=1S/C12H16N2O4/c1-17-12(16)10(13)6-8-2-4-9(5-3-8)18-7-11(14)15/h2-5,10H,6-7,13H2,1H3,(H2,14,15). The van der Waals surface area contributed by atoms with E-state index < -0.39 is 17.9 Å². The van der Waals surface area contributed by atoms with Gasteiger partial charge in [0.15, 0.2) is 6.61 Å². The fourth-order valence-electron chi connectivity index (χ4n) is 1.36. The zero-order valence-electron chi connectivity index (χ0n) is 10.1. The SMILES string of the molecule is COC(=O)C(N)Cc1ccc(OCC(N)=O)cc1. The molecule has 0 aliphatic carbocycles. The van der Waals surface area contributed by atoms with Gasteiger partial charge in [-0.25, -0.2) is 0 Å². The summed E-state index contributed by atoms with van der Waals surface area (Å²) in [4.78, 5) is 21.7. The fraction of sp³-hybridized carbons (Fsp3) is 0.333. The minimum absolute atomic E-state index is 0.166. The number of hydrogen-bond acceptors (Lipinski definition) is 5. The smallest absolute Gasteiger partial charge is 0.322 e. The summed E-state index contributed by atoms with van der Waals surface area (Å²) in [6, 6.07) is 6.20. The van der Waals surface area contributed by atoms with Gasteiger partial charge in [0, 0.05) is 0 Å². The molecule has 0 saturated carbocycles. The number of primary amides is 1. The van der Waals surface area contributed by atoms with E-state index >= 15 is 0 Å². The molecule has 6 nitrogen and oxygen atoms in total. The zero-order valence-corrected chi connectivity index (χ0v) is 10.1. The molecule has 4 N–H and O–H groups in total. The van der Waals surface area contributed by atoms with E-state index in [1.165, 1.54) is 7.11 Å². The first-order valence-corrected chi connectivity index (χ1v) is 5.36. The van der Waals surface area contributed by atoms with Crippen LogP contribution in [0.4, 0.5) is 0 Å². The predicted octanol–water partition coefficient (Wildman–Crippen LogP) is -0.406. The Kier molecular flexibility index (Phi) is 5.13. The van der Waals surface area contributed by atoms with Gasteiger partial charge in [0.1, 0.15) is 11.8 Å². The topological polar surface area (TPSA) is 105 Å². The largest absolute Gasteiger partial charge is 0.484 e. The molecule has 0 fully saturated rings. The number of amides is 1. The summed E-state index contributed by atoms with van der Waals surface area (Å²) in [7, 11) is 1.29. The number of esters is 1. The summed E-state index contributed by atoms with van der Waals surface area (Å²) in [5, 5.41) is 0. The van der Waals surface area contributed by atoms with Crippen molar-refractivity contribution in [1.82, 2.24) is 0 Å². The second-order valence-electron chi connectivity index (χ2n) is 3.73. The highest BCUT2D eigenvalue weighted by molar-refractivity contribution is 5.76. The van der Waals surface area contributed by atoms with Gasteiger partial charge in [0.25, 0.3) is 5.91 Å². The summed E-state index contributed by atoms with van der Waals surface area (Å²) in [6.45, 7) is -0.166. The van der Waals surface area contributed by atoms with Crippen LogP contribution in [0.25, 0.3) is 0 Å². The summed E-state index contributed by atoms with van der Waals surface area (Å²) < 4.78 is 9.63. The van der Waals surface area contributed by atoms with Crippen molar-refractivity contribution in [3.63, 3.8) is 0 Å². The van der Waals surface area contributed by atoms with Gasteiger partial charge in [-0.3, -0.25) is 9.59 Å². The Morgan fingerprint density at radius 1 is 1.28 bits per heavy atom. The maximum absolute atomic E-state index is 11.1. The highest BCUT2D eigenvalue weighted by Crippen LogP contribution is 2.13. The second-order valence-corrected chi connectivity index (χ2v) is 3.73. The van der Waals surface area contributed by atoms with E-state index in [0.29, 0.717) is 12.2 Å². The van der Waals surface area contributed by atoms with Gasteiger partial charge in [0.05, 0.1) is 7.11 Å². The molecule has 1 atom stereocenters. The van der Waals surface area contributed by atoms with Gasteiger partial charge in [-0.05, 0) is 24.1 Å². The number of ether oxygens (including phenoxy) is 2. The van der Waals surface area contributed by atoms with Crippen LogP contribution in [0, 0.1) is 0 Å². The zero-order chi connectivity index (χ0) is 13.5. The van der Waals surface area contributed by atoms with Crippen LogP contribution >= 0.6 is 0 Å². The highest BCUT2D eigenvalue weighted by atomic mass is 16.5. The van der Waals surface area contributed by atoms with E-state index in [-0.39, 0.29) is 6.61 Å². The van der Waals surface area contributed by atoms with Gasteiger partial charge < -0.3 is 20.9 Å². The Morgan fingerprint density at radius 2 is 1.89 bits per heavy atom. The van der Waals surface area contributed by atoms with Crippen molar-refractivity contribution in [2.45, 2.75) is 12.5 Å². The Labute approximate surface area is 105 Å². The average molecular weight is 252 g/mol. The lowest BCUT2D eigenvalue weighted by atomic mass is 10.1. The minimum Gasteiger partial charge on any atom is -0.484 e. The third-order valence-corrected chi connectivity index (χ3v) is 2.26. The predicted molar refractivity (Wildman–Crippen MR) is 64.8 cm³/mol. The maximum atomic E-state index is 11.1. The lowest BCUT2D eigenvalue weighted by Gasteiger charge is -2.09. The van der Waals surface area contributed by atoms with E-state index in [9.17, 15) is 9.59 Å². The van der Waals surface area contributed by atoms with E-state index in [1.54, 1.807) is 24.3 Å². The van der Waals surface area contributed by atoms with Crippen LogP contribution in [0.5, 0.6) is 5.75 Å². The van der Waals surface area contributed by atoms with Crippen molar-refractivity contribution in [3.05, 3.63) is 29.8 Å². The molecule has 0 aromatic heterocycles. The van der Waals surface area contributed by atoms with Crippen LogP contribution < -0.4 is 16.2 Å². The Hall–Kier alpha value is -2.08. The first kappa shape index (κ1) is 14.0. The molecular weight excluding hydrogens is 236 g/mol. The number of methoxy groups -OCH3 is 1. The summed E-state index contributed by atoms with van der Waals surface area (Å²) in [5.41, 5.74) is 11.5. The summed E-state index contributed by atoms with van der Waals surface area (Å²) >= 11 is 0. The van der Waals surface area contributed by atoms with Gasteiger partial charge in [0.2, 0.25) is 0 Å². The van der Waals surface area contributed by atoms with Gasteiger partial charge in [-0.1, -0.05) is 12.1 Å². The van der Waals surface area contributed by atoms with Crippen molar-refractivity contribution in [2.75, 3.05) is 13.7 Å². The Bertz CT molecular complexity index is 417. The average Bonchev–Trinajstić information content (AvgIpc) is 2.36. The molecule has 1 amide bonds. The number of rotatable bonds is 6. The molecule has 1 aromatic rings. The molecule has 6 heteroatoms. The second kappa shape index (κ2) is 6.61. The normalized spacial score (nSPS) is 11.7. The Morgan fingerprint density at radius 3 is 2.39 bits per heavy atom. The summed E-state index contributed by atoms with van der Waals surface area (Å²) in [5.74, 6) is -0.458. The van der Waals surface area contributed by atoms with E-state index in [2.05, 4.69) is 4.74 Å². The Balaban J connectivity index is 2.54. The highest BCUT2D eigenvalue weighted by Gasteiger charge is 2.13. The monoisotopic (exact) mass is 252 g/mol. The molecule has 1 unspecified atom stereocenters. The molecule has 0 bridgehead atoms. The molecule has 0 spiro atoms. The first-order chi connectivity index (χ1) is 8.52. The number of benzene rings is 1. The van der Waals surface area contributed by atoms with Crippen LogP contribution in [-0.4, -0.2) is 31.6 Å². The number of carbonyl (C=O) groups is 2. The summed E-state index contributed by atoms with van der Waals surface area (Å²) in [6.07, 6.45) is 0.378. The van der Waals surface area contributed by atoms with Crippen molar-refractivity contribution < 1.29 is 19.1 Å². The molecule has 1 aromatic carbocycles. The van der Waals surface area contributed by atoms with E-state index in [1.807, 2.05) is 0 Å². The fourth-order valence-corrected chi connectivity index (χ4v) is 1.36. The molecule has 0 aliphatic rings. The molecule has 1 rings (SSSR count). The minimum atomic E-state index is -0.688. The lowest BCUT2D eigenvalue weighted by Crippen LogP contribution is -2.33. The van der Waals surface area contributed by atoms with Gasteiger partial charge >= 0.3 is 5.97 Å². The molecule has 98 valence electrons. The van der Waals surface area contributed by atoms with E-state index in [4.69, 9.17) is 16.2 Å².